The molecule has 0 heterocycles. The Kier molecular flexibility index (Phi) is 12.3. The van der Waals surface area contributed by atoms with Crippen LogP contribution in [0.1, 0.15) is 63.5 Å². The summed E-state index contributed by atoms with van der Waals surface area (Å²) in [5.74, 6) is 0. The molecule has 1 fully saturated rings. The van der Waals surface area contributed by atoms with Crippen molar-refractivity contribution in [3.8, 4) is 11.1 Å². The summed E-state index contributed by atoms with van der Waals surface area (Å²) >= 11 is 1.69. The van der Waals surface area contributed by atoms with Gasteiger partial charge in [-0.1, -0.05) is 42.3 Å². The van der Waals surface area contributed by atoms with Crippen LogP contribution in [0.15, 0.2) is 59.7 Å². The van der Waals surface area contributed by atoms with Crippen molar-refractivity contribution < 1.29 is 49.0 Å². The first-order valence-corrected chi connectivity index (χ1v) is 11.3. The Labute approximate surface area is 204 Å². The smallest absolute Gasteiger partial charge is 0.0253 e. The molecule has 3 aliphatic rings. The van der Waals surface area contributed by atoms with Crippen LogP contribution < -0.4 is 24.8 Å². The van der Waals surface area contributed by atoms with Crippen LogP contribution in [0.3, 0.4) is 0 Å². The average Bonchev–Trinajstić information content (AvgIpc) is 3.26. The van der Waals surface area contributed by atoms with Crippen LogP contribution in [-0.4, -0.2) is 3.21 Å². The number of halogens is 2. The molecule has 0 saturated heterocycles. The van der Waals surface area contributed by atoms with Crippen molar-refractivity contribution in [1.29, 1.82) is 0 Å². The second-order valence-electron chi connectivity index (χ2n) is 7.45. The minimum atomic E-state index is 0. The van der Waals surface area contributed by atoms with Gasteiger partial charge in [0.1, 0.15) is 0 Å². The van der Waals surface area contributed by atoms with Gasteiger partial charge in [-0.2, -0.15) is 35.9 Å². The van der Waals surface area contributed by atoms with Crippen molar-refractivity contribution >= 4 is 3.21 Å². The predicted octanol–water partition coefficient (Wildman–Crippen LogP) is 0.822. The molecular formula is C26H28Cl2Zr-2. The summed E-state index contributed by atoms with van der Waals surface area (Å²) in [5.41, 5.74) is 8.22. The summed E-state index contributed by atoms with van der Waals surface area (Å²) in [7, 11) is 0. The molecule has 0 spiro atoms. The third kappa shape index (κ3) is 7.78. The number of benzene rings is 2. The summed E-state index contributed by atoms with van der Waals surface area (Å²) in [5, 5.41) is 0. The largest absolute Gasteiger partial charge is 0.179 e. The van der Waals surface area contributed by atoms with Crippen LogP contribution >= 0.6 is 0 Å². The standard InChI is InChI=1S/C13H9.C7H9.C6H10.2ClH.Zr/c1-3-7-12-10(5-1)9-11-6-2-4-8-13(11)12;1-6-4-3-5-7(6)2;1-2-4-6-5-3-1;;;/h1-5,7-8H,9H2;4H,3H2,1-2H3;1-5H2;2*1H;/q2*-1;;;;+2/p-2. The van der Waals surface area contributed by atoms with E-state index in [0.717, 1.165) is 12.8 Å². The van der Waals surface area contributed by atoms with Crippen LogP contribution in [0.2, 0.25) is 0 Å². The molecule has 0 unspecified atom stereocenters. The summed E-state index contributed by atoms with van der Waals surface area (Å²) in [4.78, 5) is 0. The molecule has 1 saturated carbocycles. The van der Waals surface area contributed by atoms with Gasteiger partial charge in [-0.3, -0.25) is 6.08 Å². The summed E-state index contributed by atoms with van der Waals surface area (Å²) in [6, 6.07) is 18.1. The maximum absolute atomic E-state index is 3.30. The van der Waals surface area contributed by atoms with E-state index in [4.69, 9.17) is 0 Å². The van der Waals surface area contributed by atoms with Crippen LogP contribution in [0.4, 0.5) is 0 Å². The number of rotatable bonds is 0. The number of fused-ring (bicyclic) bond motifs is 3. The maximum atomic E-state index is 3.30. The second-order valence-corrected chi connectivity index (χ2v) is 9.19. The summed E-state index contributed by atoms with van der Waals surface area (Å²) in [6.45, 7) is 4.22. The Balaban J connectivity index is 0.000000228. The molecule has 0 radical (unpaired) electrons. The van der Waals surface area contributed by atoms with Gasteiger partial charge in [0.15, 0.2) is 0 Å². The van der Waals surface area contributed by atoms with Crippen LogP contribution in [-0.2, 0) is 30.7 Å². The molecule has 0 bridgehead atoms. The number of hydrogen-bond donors (Lipinski definition) is 0. The molecule has 0 aliphatic heterocycles. The van der Waals surface area contributed by atoms with Crippen LogP contribution in [0, 0.1) is 12.1 Å². The first-order valence-electron chi connectivity index (χ1n) is 10.0. The molecule has 0 N–H and O–H groups in total. The normalized spacial score (nSPS) is 15.7. The van der Waals surface area contributed by atoms with Crippen molar-refractivity contribution in [2.75, 3.05) is 0 Å². The molecule has 0 atom stereocenters. The molecule has 3 aliphatic carbocycles. The zero-order valence-electron chi connectivity index (χ0n) is 17.3. The third-order valence-electron chi connectivity index (χ3n) is 5.44. The van der Waals surface area contributed by atoms with E-state index in [1.165, 1.54) is 65.5 Å². The first kappa shape index (κ1) is 26.3. The Morgan fingerprint density at radius 2 is 1.55 bits per heavy atom. The van der Waals surface area contributed by atoms with E-state index in [2.05, 4.69) is 68.5 Å². The zero-order valence-corrected chi connectivity index (χ0v) is 21.3. The molecule has 3 heteroatoms. The van der Waals surface area contributed by atoms with Crippen molar-refractivity contribution in [2.24, 2.45) is 0 Å². The van der Waals surface area contributed by atoms with Gasteiger partial charge in [-0.25, -0.2) is 11.1 Å². The van der Waals surface area contributed by atoms with Gasteiger partial charge in [0.25, 0.3) is 0 Å². The molecule has 0 aromatic heterocycles. The average molecular weight is 503 g/mol. The fraction of sp³-hybridized carbons (Fsp3) is 0.346. The predicted molar refractivity (Wildman–Crippen MR) is 112 cm³/mol. The molecule has 0 amide bonds. The van der Waals surface area contributed by atoms with Crippen molar-refractivity contribution in [3.05, 3.63) is 83.0 Å². The van der Waals surface area contributed by atoms with Crippen LogP contribution in [0.5, 0.6) is 0 Å². The fourth-order valence-electron chi connectivity index (χ4n) is 3.63. The minimum absolute atomic E-state index is 0. The Morgan fingerprint density at radius 3 is 2.10 bits per heavy atom. The van der Waals surface area contributed by atoms with E-state index >= 15 is 0 Å². The van der Waals surface area contributed by atoms with Gasteiger partial charge in [0, 0.05) is 0 Å². The topological polar surface area (TPSA) is 0 Å². The van der Waals surface area contributed by atoms with Crippen molar-refractivity contribution in [1.82, 2.24) is 0 Å². The molecule has 2 aromatic carbocycles. The SMILES string of the molecule is CC1=[C-]CC=C1C.[Cl-].[Cl-].[Zr+2]=[C]1CCCCC1.[c-]1cccc2c1Cc1ccccc1-2. The molecule has 2 aromatic rings. The van der Waals surface area contributed by atoms with Gasteiger partial charge >= 0.3 is 59.5 Å². The Morgan fingerprint density at radius 1 is 0.862 bits per heavy atom. The van der Waals surface area contributed by atoms with E-state index in [1.807, 2.05) is 6.07 Å². The van der Waals surface area contributed by atoms with Gasteiger partial charge in [0.2, 0.25) is 0 Å². The monoisotopic (exact) mass is 500 g/mol. The molecule has 5 rings (SSSR count). The summed E-state index contributed by atoms with van der Waals surface area (Å²) < 4.78 is 1.80. The second kappa shape index (κ2) is 13.5. The number of hydrogen-bond acceptors (Lipinski definition) is 0. The van der Waals surface area contributed by atoms with Gasteiger partial charge < -0.3 is 24.8 Å². The molecular weight excluding hydrogens is 474 g/mol. The van der Waals surface area contributed by atoms with E-state index in [9.17, 15) is 0 Å². The minimum Gasteiger partial charge on any atom is -0.179 e. The molecule has 152 valence electrons. The van der Waals surface area contributed by atoms with E-state index in [1.54, 1.807) is 27.4 Å². The van der Waals surface area contributed by atoms with Crippen molar-refractivity contribution in [3.63, 3.8) is 0 Å². The van der Waals surface area contributed by atoms with E-state index in [-0.39, 0.29) is 24.8 Å². The van der Waals surface area contributed by atoms with Crippen LogP contribution in [0.25, 0.3) is 11.1 Å². The number of allylic oxidation sites excluding steroid dienone is 4. The first-order chi connectivity index (χ1) is 13.1. The van der Waals surface area contributed by atoms with Gasteiger partial charge in [0.05, 0.1) is 0 Å². The Bertz CT molecular complexity index is 797. The molecule has 29 heavy (non-hydrogen) atoms. The summed E-state index contributed by atoms with van der Waals surface area (Å²) in [6.07, 6.45) is 14.8. The maximum Gasteiger partial charge on any atom is -0.0253 e. The van der Waals surface area contributed by atoms with E-state index in [0.29, 0.717) is 0 Å². The quantitative estimate of drug-likeness (QED) is 0.400. The van der Waals surface area contributed by atoms with Gasteiger partial charge in [-0.15, -0.1) is 18.9 Å². The zero-order chi connectivity index (χ0) is 19.1. The van der Waals surface area contributed by atoms with E-state index < -0.39 is 0 Å². The fourth-order valence-corrected chi connectivity index (χ4v) is 4.49. The third-order valence-corrected chi connectivity index (χ3v) is 6.67. The van der Waals surface area contributed by atoms with Gasteiger partial charge in [-0.05, 0) is 6.42 Å². The molecule has 0 nitrogen and oxygen atoms in total. The van der Waals surface area contributed by atoms with Crippen molar-refractivity contribution in [2.45, 2.75) is 58.8 Å². The Hall–Kier alpha value is -0.747.